The molecule has 0 bridgehead atoms. The van der Waals surface area contributed by atoms with Gasteiger partial charge in [-0.25, -0.2) is 4.68 Å². The summed E-state index contributed by atoms with van der Waals surface area (Å²) in [5.74, 6) is 1.11. The third-order valence-corrected chi connectivity index (χ3v) is 3.44. The molecule has 3 aromatic rings. The van der Waals surface area contributed by atoms with Crippen molar-refractivity contribution in [2.24, 2.45) is 5.10 Å². The molecule has 0 saturated carbocycles. The molecule has 0 amide bonds. The highest BCUT2D eigenvalue weighted by atomic mass is 79.9. The molecule has 0 unspecified atom stereocenters. The van der Waals surface area contributed by atoms with Gasteiger partial charge in [-0.2, -0.15) is 5.10 Å². The minimum atomic E-state index is -0.450. The lowest BCUT2D eigenvalue weighted by Crippen LogP contribution is -1.88. The monoisotopic (exact) mass is 361 g/mol. The van der Waals surface area contributed by atoms with Crippen molar-refractivity contribution >= 4 is 27.8 Å². The molecule has 1 aromatic carbocycles. The Kier molecular flexibility index (Phi) is 3.79. The van der Waals surface area contributed by atoms with Crippen LogP contribution in [-0.2, 0) is 0 Å². The van der Waals surface area contributed by atoms with Crippen LogP contribution in [0.5, 0.6) is 0 Å². The Morgan fingerprint density at radius 1 is 1.27 bits per heavy atom. The number of hydrogen-bond donors (Lipinski definition) is 0. The van der Waals surface area contributed by atoms with Crippen LogP contribution in [0, 0.1) is 10.1 Å². The highest BCUT2D eigenvalue weighted by Gasteiger charge is 2.12. The molecule has 0 aliphatic carbocycles. The van der Waals surface area contributed by atoms with Crippen LogP contribution in [0.25, 0.3) is 11.3 Å². The molecule has 22 heavy (non-hydrogen) atoms. The van der Waals surface area contributed by atoms with Gasteiger partial charge < -0.3 is 4.42 Å². The lowest BCUT2D eigenvalue weighted by Gasteiger charge is -2.00. The zero-order chi connectivity index (χ0) is 15.5. The molecule has 8 nitrogen and oxygen atoms in total. The molecule has 2 heterocycles. The van der Waals surface area contributed by atoms with E-state index in [0.717, 1.165) is 5.56 Å². The van der Waals surface area contributed by atoms with E-state index in [-0.39, 0.29) is 5.69 Å². The second kappa shape index (κ2) is 5.90. The maximum Gasteiger partial charge on any atom is 0.270 e. The first-order valence-electron chi connectivity index (χ1n) is 6.06. The van der Waals surface area contributed by atoms with Gasteiger partial charge in [-0.05, 0) is 34.1 Å². The van der Waals surface area contributed by atoms with Crippen LogP contribution >= 0.6 is 15.9 Å². The number of hydrogen-bond acceptors (Lipinski definition) is 6. The van der Waals surface area contributed by atoms with E-state index >= 15 is 0 Å². The second-order valence-electron chi connectivity index (χ2n) is 4.21. The number of furan rings is 1. The van der Waals surface area contributed by atoms with Gasteiger partial charge in [0.1, 0.15) is 24.2 Å². The van der Waals surface area contributed by atoms with Gasteiger partial charge in [-0.15, -0.1) is 10.2 Å². The zero-order valence-electron chi connectivity index (χ0n) is 11.0. The molecule has 2 aromatic heterocycles. The summed E-state index contributed by atoms with van der Waals surface area (Å²) in [5.41, 5.74) is 0.728. The van der Waals surface area contributed by atoms with Crippen molar-refractivity contribution in [1.82, 2.24) is 14.9 Å². The van der Waals surface area contributed by atoms with E-state index in [1.807, 2.05) is 0 Å². The van der Waals surface area contributed by atoms with Gasteiger partial charge in [0.2, 0.25) is 0 Å². The van der Waals surface area contributed by atoms with Crippen LogP contribution in [0.15, 0.2) is 57.0 Å². The van der Waals surface area contributed by atoms with Gasteiger partial charge >= 0.3 is 0 Å². The number of halogens is 1. The van der Waals surface area contributed by atoms with E-state index in [0.29, 0.717) is 16.0 Å². The Morgan fingerprint density at radius 2 is 2.05 bits per heavy atom. The minimum Gasteiger partial charge on any atom is -0.455 e. The Morgan fingerprint density at radius 3 is 2.73 bits per heavy atom. The lowest BCUT2D eigenvalue weighted by molar-refractivity contribution is -0.384. The molecule has 0 aliphatic rings. The first-order chi connectivity index (χ1) is 10.6. The maximum absolute atomic E-state index is 10.7. The summed E-state index contributed by atoms with van der Waals surface area (Å²) in [7, 11) is 0. The van der Waals surface area contributed by atoms with Gasteiger partial charge in [-0.3, -0.25) is 10.1 Å². The SMILES string of the molecule is O=[N+]([O-])c1ccc(-c2ccc(/C=N/n3cnnc3)o2)c(Br)c1. The lowest BCUT2D eigenvalue weighted by atomic mass is 10.1. The van der Waals surface area contributed by atoms with Gasteiger partial charge in [0.05, 0.1) is 11.1 Å². The number of nitro groups is 1. The fourth-order valence-electron chi connectivity index (χ4n) is 1.76. The molecule has 9 heteroatoms. The number of rotatable bonds is 4. The van der Waals surface area contributed by atoms with Crippen molar-refractivity contribution in [2.45, 2.75) is 0 Å². The molecule has 0 aliphatic heterocycles. The predicted octanol–water partition coefficient (Wildman–Crippen LogP) is 3.09. The average molecular weight is 362 g/mol. The van der Waals surface area contributed by atoms with E-state index in [1.54, 1.807) is 18.2 Å². The van der Waals surface area contributed by atoms with Crippen LogP contribution in [0.1, 0.15) is 5.76 Å². The number of nitrogens with zero attached hydrogens (tertiary/aromatic N) is 5. The molecule has 0 N–H and O–H groups in total. The molecule has 3 rings (SSSR count). The molecular formula is C13H8BrN5O3. The quantitative estimate of drug-likeness (QED) is 0.403. The minimum absolute atomic E-state index is 0.0107. The third-order valence-electron chi connectivity index (χ3n) is 2.78. The zero-order valence-corrected chi connectivity index (χ0v) is 12.5. The van der Waals surface area contributed by atoms with Crippen molar-refractivity contribution in [2.75, 3.05) is 0 Å². The number of non-ortho nitro benzene ring substituents is 1. The van der Waals surface area contributed by atoms with Crippen LogP contribution < -0.4 is 0 Å². The standard InChI is InChI=1S/C13H8BrN5O3/c14-12-5-9(19(20)21)1-3-11(12)13-4-2-10(22-13)6-17-18-7-15-16-8-18/h1-8H/b17-6+. The Bertz CT molecular complexity index is 841. The average Bonchev–Trinajstić information content (AvgIpc) is 3.16. The van der Waals surface area contributed by atoms with E-state index in [2.05, 4.69) is 31.2 Å². The van der Waals surface area contributed by atoms with Crippen molar-refractivity contribution in [3.05, 3.63) is 63.3 Å². The molecule has 110 valence electrons. The van der Waals surface area contributed by atoms with E-state index < -0.39 is 4.92 Å². The highest BCUT2D eigenvalue weighted by Crippen LogP contribution is 2.32. The largest absolute Gasteiger partial charge is 0.455 e. The number of aromatic nitrogens is 3. The Balaban J connectivity index is 1.86. The fourth-order valence-corrected chi connectivity index (χ4v) is 2.32. The van der Waals surface area contributed by atoms with Gasteiger partial charge in [0, 0.05) is 22.2 Å². The Labute approximate surface area is 132 Å². The smallest absolute Gasteiger partial charge is 0.270 e. The van der Waals surface area contributed by atoms with Crippen molar-refractivity contribution in [3.63, 3.8) is 0 Å². The fraction of sp³-hybridized carbons (Fsp3) is 0. The van der Waals surface area contributed by atoms with Crippen molar-refractivity contribution in [3.8, 4) is 11.3 Å². The maximum atomic E-state index is 10.7. The molecule has 0 atom stereocenters. The molecule has 0 spiro atoms. The molecule has 0 radical (unpaired) electrons. The first kappa shape index (κ1) is 14.1. The van der Waals surface area contributed by atoms with Crippen LogP contribution in [0.3, 0.4) is 0 Å². The third kappa shape index (κ3) is 2.93. The van der Waals surface area contributed by atoms with Crippen LogP contribution in [0.2, 0.25) is 0 Å². The van der Waals surface area contributed by atoms with Crippen molar-refractivity contribution < 1.29 is 9.34 Å². The normalized spacial score (nSPS) is 11.1. The number of nitro benzene ring substituents is 1. The van der Waals surface area contributed by atoms with E-state index in [9.17, 15) is 10.1 Å². The summed E-state index contributed by atoms with van der Waals surface area (Å²) in [6.45, 7) is 0. The summed E-state index contributed by atoms with van der Waals surface area (Å²) in [4.78, 5) is 10.3. The Hall–Kier alpha value is -2.81. The summed E-state index contributed by atoms with van der Waals surface area (Å²) in [6, 6.07) is 7.99. The summed E-state index contributed by atoms with van der Waals surface area (Å²) in [5, 5.41) is 22.1. The van der Waals surface area contributed by atoms with Crippen LogP contribution in [-0.4, -0.2) is 26.0 Å². The molecule has 0 saturated heterocycles. The number of benzene rings is 1. The summed E-state index contributed by atoms with van der Waals surface area (Å²) < 4.78 is 7.66. The molecule has 0 fully saturated rings. The predicted molar refractivity (Wildman–Crippen MR) is 81.5 cm³/mol. The topological polar surface area (TPSA) is 99.3 Å². The van der Waals surface area contributed by atoms with E-state index in [1.165, 1.54) is 35.7 Å². The first-order valence-corrected chi connectivity index (χ1v) is 6.86. The van der Waals surface area contributed by atoms with Gasteiger partial charge in [0.25, 0.3) is 5.69 Å². The van der Waals surface area contributed by atoms with Gasteiger partial charge in [0.15, 0.2) is 0 Å². The van der Waals surface area contributed by atoms with E-state index in [4.69, 9.17) is 4.42 Å². The molecular weight excluding hydrogens is 354 g/mol. The van der Waals surface area contributed by atoms with Crippen molar-refractivity contribution in [1.29, 1.82) is 0 Å². The van der Waals surface area contributed by atoms with Crippen LogP contribution in [0.4, 0.5) is 5.69 Å². The highest BCUT2D eigenvalue weighted by molar-refractivity contribution is 9.10. The second-order valence-corrected chi connectivity index (χ2v) is 5.06. The summed E-state index contributed by atoms with van der Waals surface area (Å²) in [6.07, 6.45) is 4.42. The van der Waals surface area contributed by atoms with Gasteiger partial charge in [-0.1, -0.05) is 0 Å². The summed E-state index contributed by atoms with van der Waals surface area (Å²) >= 11 is 3.31.